The van der Waals surface area contributed by atoms with Gasteiger partial charge in [-0.1, -0.05) is 18.2 Å². The first-order chi connectivity index (χ1) is 7.86. The SMILES string of the molecule is c1ccc2c(c1)CC1(CN3CCC1CC3)O2. The molecular weight excluding hydrogens is 198 g/mol. The molecular formula is C14H17NO. The van der Waals surface area contributed by atoms with E-state index < -0.39 is 0 Å². The Kier molecular flexibility index (Phi) is 1.70. The summed E-state index contributed by atoms with van der Waals surface area (Å²) in [6.45, 7) is 3.71. The summed E-state index contributed by atoms with van der Waals surface area (Å²) >= 11 is 0. The molecule has 0 amide bonds. The zero-order valence-corrected chi connectivity index (χ0v) is 9.48. The summed E-state index contributed by atoms with van der Waals surface area (Å²) in [5, 5.41) is 0. The lowest BCUT2D eigenvalue weighted by atomic mass is 9.73. The van der Waals surface area contributed by atoms with Crippen molar-refractivity contribution in [2.45, 2.75) is 24.9 Å². The van der Waals surface area contributed by atoms with Gasteiger partial charge < -0.3 is 4.74 Å². The highest BCUT2D eigenvalue weighted by molar-refractivity contribution is 5.40. The van der Waals surface area contributed by atoms with E-state index in [1.54, 1.807) is 0 Å². The number of rotatable bonds is 0. The van der Waals surface area contributed by atoms with E-state index in [4.69, 9.17) is 4.74 Å². The molecule has 4 heterocycles. The van der Waals surface area contributed by atoms with Gasteiger partial charge in [0, 0.05) is 18.9 Å². The average Bonchev–Trinajstić information content (AvgIpc) is 2.68. The molecule has 0 N–H and O–H groups in total. The standard InChI is InChI=1S/C14H17NO/c1-2-4-13-11(3-1)9-14(16-13)10-15-7-5-12(14)6-8-15/h1-4,12H,5-10H2. The fourth-order valence-electron chi connectivity index (χ4n) is 3.77. The smallest absolute Gasteiger partial charge is 0.129 e. The molecule has 1 aromatic rings. The Morgan fingerprint density at radius 2 is 2.00 bits per heavy atom. The van der Waals surface area contributed by atoms with Crippen molar-refractivity contribution in [3.05, 3.63) is 29.8 Å². The molecule has 5 rings (SSSR count). The van der Waals surface area contributed by atoms with Crippen LogP contribution >= 0.6 is 0 Å². The number of nitrogens with zero attached hydrogens (tertiary/aromatic N) is 1. The maximum Gasteiger partial charge on any atom is 0.129 e. The molecule has 84 valence electrons. The van der Waals surface area contributed by atoms with Crippen molar-refractivity contribution in [3.8, 4) is 5.75 Å². The lowest BCUT2D eigenvalue weighted by Crippen LogP contribution is -2.61. The number of benzene rings is 1. The molecule has 3 fully saturated rings. The molecule has 0 aromatic heterocycles. The fraction of sp³-hybridized carbons (Fsp3) is 0.571. The molecule has 0 saturated carbocycles. The van der Waals surface area contributed by atoms with Gasteiger partial charge in [-0.05, 0) is 37.6 Å². The highest BCUT2D eigenvalue weighted by atomic mass is 16.5. The average molecular weight is 215 g/mol. The van der Waals surface area contributed by atoms with Gasteiger partial charge in [-0.2, -0.15) is 0 Å². The van der Waals surface area contributed by atoms with E-state index in [9.17, 15) is 0 Å². The van der Waals surface area contributed by atoms with Crippen LogP contribution in [-0.4, -0.2) is 30.1 Å². The molecule has 1 atom stereocenters. The van der Waals surface area contributed by atoms with Crippen molar-refractivity contribution in [2.75, 3.05) is 19.6 Å². The van der Waals surface area contributed by atoms with Crippen molar-refractivity contribution in [2.24, 2.45) is 5.92 Å². The number of para-hydroxylation sites is 1. The Hall–Kier alpha value is -1.02. The van der Waals surface area contributed by atoms with Crippen molar-refractivity contribution in [3.63, 3.8) is 0 Å². The van der Waals surface area contributed by atoms with Crippen molar-refractivity contribution in [1.29, 1.82) is 0 Å². The molecule has 4 aliphatic rings. The van der Waals surface area contributed by atoms with E-state index in [0.29, 0.717) is 0 Å². The van der Waals surface area contributed by atoms with E-state index in [1.807, 2.05) is 0 Å². The van der Waals surface area contributed by atoms with Crippen LogP contribution in [0.4, 0.5) is 0 Å². The summed E-state index contributed by atoms with van der Waals surface area (Å²) in [5.41, 5.74) is 1.54. The Labute approximate surface area is 96.2 Å². The Morgan fingerprint density at radius 1 is 1.19 bits per heavy atom. The molecule has 1 aromatic carbocycles. The van der Waals surface area contributed by atoms with Gasteiger partial charge >= 0.3 is 0 Å². The minimum absolute atomic E-state index is 0.125. The summed E-state index contributed by atoms with van der Waals surface area (Å²) in [5.74, 6) is 1.92. The maximum absolute atomic E-state index is 6.33. The van der Waals surface area contributed by atoms with Gasteiger partial charge in [-0.15, -0.1) is 0 Å². The number of piperidine rings is 3. The normalized spacial score (nSPS) is 39.8. The number of hydrogen-bond acceptors (Lipinski definition) is 2. The van der Waals surface area contributed by atoms with Gasteiger partial charge in [0.2, 0.25) is 0 Å². The van der Waals surface area contributed by atoms with Crippen LogP contribution < -0.4 is 4.74 Å². The fourth-order valence-corrected chi connectivity index (χ4v) is 3.77. The number of hydrogen-bond donors (Lipinski definition) is 0. The van der Waals surface area contributed by atoms with Gasteiger partial charge in [0.05, 0.1) is 0 Å². The second-order valence-corrected chi connectivity index (χ2v) is 5.50. The summed E-state index contributed by atoms with van der Waals surface area (Å²) in [6.07, 6.45) is 3.78. The third kappa shape index (κ3) is 1.11. The molecule has 0 radical (unpaired) electrons. The Bertz CT molecular complexity index is 395. The molecule has 3 saturated heterocycles. The first-order valence-electron chi connectivity index (χ1n) is 6.35. The predicted molar refractivity (Wildman–Crippen MR) is 62.7 cm³/mol. The van der Waals surface area contributed by atoms with Crippen molar-refractivity contribution >= 4 is 0 Å². The first-order valence-corrected chi connectivity index (χ1v) is 6.35. The van der Waals surface area contributed by atoms with Gasteiger partial charge in [-0.3, -0.25) is 4.90 Å². The highest BCUT2D eigenvalue weighted by Gasteiger charge is 2.51. The monoisotopic (exact) mass is 215 g/mol. The number of ether oxygens (including phenoxy) is 1. The van der Waals surface area contributed by atoms with E-state index in [0.717, 1.165) is 24.6 Å². The summed E-state index contributed by atoms with van der Waals surface area (Å²) in [6, 6.07) is 8.56. The maximum atomic E-state index is 6.33. The van der Waals surface area contributed by atoms with Crippen LogP contribution in [0.15, 0.2) is 24.3 Å². The molecule has 16 heavy (non-hydrogen) atoms. The van der Waals surface area contributed by atoms with E-state index in [-0.39, 0.29) is 5.60 Å². The summed E-state index contributed by atoms with van der Waals surface area (Å²) in [4.78, 5) is 2.58. The van der Waals surface area contributed by atoms with Crippen LogP contribution in [0.25, 0.3) is 0 Å². The third-order valence-electron chi connectivity index (χ3n) is 4.60. The quantitative estimate of drug-likeness (QED) is 0.657. The predicted octanol–water partition coefficient (Wildman–Crippen LogP) is 2.09. The largest absolute Gasteiger partial charge is 0.485 e. The van der Waals surface area contributed by atoms with Gasteiger partial charge in [0.1, 0.15) is 11.4 Å². The van der Waals surface area contributed by atoms with Crippen molar-refractivity contribution in [1.82, 2.24) is 4.90 Å². The van der Waals surface area contributed by atoms with E-state index in [1.165, 1.54) is 31.5 Å². The first kappa shape index (κ1) is 9.06. The second-order valence-electron chi connectivity index (χ2n) is 5.50. The lowest BCUT2D eigenvalue weighted by molar-refractivity contribution is -0.0798. The van der Waals surface area contributed by atoms with Crippen LogP contribution in [0.1, 0.15) is 18.4 Å². The van der Waals surface area contributed by atoms with E-state index in [2.05, 4.69) is 29.2 Å². The minimum atomic E-state index is 0.125. The van der Waals surface area contributed by atoms with Crippen LogP contribution in [0.3, 0.4) is 0 Å². The molecule has 1 spiro atoms. The van der Waals surface area contributed by atoms with Gasteiger partial charge in [0.25, 0.3) is 0 Å². The van der Waals surface area contributed by atoms with Crippen LogP contribution in [0, 0.1) is 5.92 Å². The van der Waals surface area contributed by atoms with Crippen LogP contribution in [0.2, 0.25) is 0 Å². The lowest BCUT2D eigenvalue weighted by Gasteiger charge is -2.50. The van der Waals surface area contributed by atoms with Crippen LogP contribution in [-0.2, 0) is 6.42 Å². The van der Waals surface area contributed by atoms with Crippen molar-refractivity contribution < 1.29 is 4.74 Å². The van der Waals surface area contributed by atoms with Crippen LogP contribution in [0.5, 0.6) is 5.75 Å². The zero-order chi connectivity index (χ0) is 10.6. The third-order valence-corrected chi connectivity index (χ3v) is 4.60. The van der Waals surface area contributed by atoms with E-state index >= 15 is 0 Å². The zero-order valence-electron chi connectivity index (χ0n) is 9.48. The molecule has 2 heteroatoms. The second kappa shape index (κ2) is 3.01. The molecule has 0 aliphatic carbocycles. The minimum Gasteiger partial charge on any atom is -0.485 e. The Balaban J connectivity index is 1.72. The molecule has 2 bridgehead atoms. The topological polar surface area (TPSA) is 12.5 Å². The molecule has 2 nitrogen and oxygen atoms in total. The van der Waals surface area contributed by atoms with Gasteiger partial charge in [0.15, 0.2) is 0 Å². The number of fused-ring (bicyclic) bond motifs is 3. The highest BCUT2D eigenvalue weighted by Crippen LogP contribution is 2.46. The summed E-state index contributed by atoms with van der Waals surface area (Å²) < 4.78 is 6.33. The molecule has 1 unspecified atom stereocenters. The Morgan fingerprint density at radius 3 is 2.69 bits per heavy atom. The summed E-state index contributed by atoms with van der Waals surface area (Å²) in [7, 11) is 0. The molecule has 4 aliphatic heterocycles. The van der Waals surface area contributed by atoms with Gasteiger partial charge in [-0.25, -0.2) is 0 Å².